The van der Waals surface area contributed by atoms with Crippen LogP contribution in [0.3, 0.4) is 0 Å². The van der Waals surface area contributed by atoms with Gasteiger partial charge in [-0.2, -0.15) is 0 Å². The summed E-state index contributed by atoms with van der Waals surface area (Å²) in [6, 6.07) is 1.29. The van der Waals surface area contributed by atoms with Crippen molar-refractivity contribution in [2.45, 2.75) is 11.0 Å². The molecule has 0 saturated carbocycles. The van der Waals surface area contributed by atoms with E-state index in [1.807, 2.05) is 0 Å². The Balaban J connectivity index is 2.20. The quantitative estimate of drug-likeness (QED) is 0.771. The van der Waals surface area contributed by atoms with Gasteiger partial charge in [-0.3, -0.25) is 0 Å². The molecule has 0 unspecified atom stereocenters. The van der Waals surface area contributed by atoms with E-state index >= 15 is 0 Å². The van der Waals surface area contributed by atoms with Gasteiger partial charge in [0.15, 0.2) is 0 Å². The van der Waals surface area contributed by atoms with Crippen molar-refractivity contribution >= 4 is 27.3 Å². The van der Waals surface area contributed by atoms with Gasteiger partial charge in [-0.05, 0) is 11.4 Å². The molecule has 1 aliphatic rings. The fourth-order valence-electron chi connectivity index (χ4n) is 1.16. The van der Waals surface area contributed by atoms with Crippen molar-refractivity contribution in [3.8, 4) is 0 Å². The van der Waals surface area contributed by atoms with E-state index in [9.17, 15) is 13.2 Å². The molecule has 1 saturated heterocycles. The first-order valence-corrected chi connectivity index (χ1v) is 6.80. The highest BCUT2D eigenvalue weighted by Gasteiger charge is 2.27. The third-order valence-electron chi connectivity index (χ3n) is 2.00. The number of rotatable bonds is 3. The number of ether oxygens (including phenoxy) is 2. The summed E-state index contributed by atoms with van der Waals surface area (Å²) in [7, 11) is -3.88. The first kappa shape index (κ1) is 11.5. The molecular formula is C8H9NO5S2. The number of primary sulfonamides is 1. The largest absolute Gasteiger partial charge is 0.453 e. The Morgan fingerprint density at radius 2 is 2.25 bits per heavy atom. The van der Waals surface area contributed by atoms with Crippen molar-refractivity contribution in [3.63, 3.8) is 0 Å². The van der Waals surface area contributed by atoms with Crippen LogP contribution in [0.2, 0.25) is 0 Å². The molecule has 0 amide bonds. The lowest BCUT2D eigenvalue weighted by Gasteiger charge is -2.25. The highest BCUT2D eigenvalue weighted by molar-refractivity contribution is 7.89. The number of sulfonamides is 1. The summed E-state index contributed by atoms with van der Waals surface area (Å²) in [6.07, 6.45) is -0.289. The summed E-state index contributed by atoms with van der Waals surface area (Å²) in [5.74, 6) is -0.674. The number of esters is 1. The SMILES string of the molecule is NS(=O)(=O)c1ccsc1C(=O)OC1COC1. The van der Waals surface area contributed by atoms with Crippen LogP contribution in [0.1, 0.15) is 9.67 Å². The molecule has 6 nitrogen and oxygen atoms in total. The van der Waals surface area contributed by atoms with Gasteiger partial charge in [0.1, 0.15) is 15.9 Å². The van der Waals surface area contributed by atoms with E-state index in [4.69, 9.17) is 14.6 Å². The van der Waals surface area contributed by atoms with Crippen molar-refractivity contribution in [2.75, 3.05) is 13.2 Å². The van der Waals surface area contributed by atoms with Crippen molar-refractivity contribution < 1.29 is 22.7 Å². The molecule has 88 valence electrons. The number of carbonyl (C=O) groups excluding carboxylic acids is 1. The number of hydrogen-bond acceptors (Lipinski definition) is 6. The van der Waals surface area contributed by atoms with Crippen molar-refractivity contribution in [1.82, 2.24) is 0 Å². The highest BCUT2D eigenvalue weighted by Crippen LogP contribution is 2.22. The second kappa shape index (κ2) is 4.13. The predicted octanol–water partition coefficient (Wildman–Crippen LogP) is -0.0489. The van der Waals surface area contributed by atoms with Crippen LogP contribution in [-0.2, 0) is 19.5 Å². The third-order valence-corrected chi connectivity index (χ3v) is 3.98. The summed E-state index contributed by atoms with van der Waals surface area (Å²) < 4.78 is 32.1. The topological polar surface area (TPSA) is 95.7 Å². The lowest BCUT2D eigenvalue weighted by molar-refractivity contribution is -0.103. The normalized spacial score (nSPS) is 16.8. The van der Waals surface area contributed by atoms with Crippen LogP contribution >= 0.6 is 11.3 Å². The Labute approximate surface area is 96.0 Å². The third kappa shape index (κ3) is 2.24. The van der Waals surface area contributed by atoms with E-state index in [0.717, 1.165) is 11.3 Å². The predicted molar refractivity (Wildman–Crippen MR) is 55.7 cm³/mol. The fourth-order valence-corrected chi connectivity index (χ4v) is 3.00. The Bertz CT molecular complexity index is 502. The number of carbonyl (C=O) groups is 1. The standard InChI is InChI=1S/C8H9NO5S2/c9-16(11,12)6-1-2-15-7(6)8(10)14-5-3-13-4-5/h1-2,5H,3-4H2,(H2,9,11,12). The van der Waals surface area contributed by atoms with Crippen LogP contribution in [0.4, 0.5) is 0 Å². The lowest BCUT2D eigenvalue weighted by Crippen LogP contribution is -2.37. The van der Waals surface area contributed by atoms with Crippen LogP contribution in [0, 0.1) is 0 Å². The molecule has 1 aliphatic heterocycles. The molecule has 0 bridgehead atoms. The molecule has 2 N–H and O–H groups in total. The zero-order valence-electron chi connectivity index (χ0n) is 8.08. The van der Waals surface area contributed by atoms with Gasteiger partial charge in [-0.1, -0.05) is 0 Å². The molecule has 2 rings (SSSR count). The van der Waals surface area contributed by atoms with Crippen molar-refractivity contribution in [2.24, 2.45) is 5.14 Å². The maximum atomic E-state index is 11.6. The van der Waals surface area contributed by atoms with Gasteiger partial charge in [0.05, 0.1) is 13.2 Å². The Morgan fingerprint density at radius 3 is 2.75 bits per heavy atom. The van der Waals surface area contributed by atoms with Gasteiger partial charge < -0.3 is 9.47 Å². The summed E-state index contributed by atoms with van der Waals surface area (Å²) in [5.41, 5.74) is 0. The second-order valence-corrected chi connectivity index (χ2v) is 5.67. The fraction of sp³-hybridized carbons (Fsp3) is 0.375. The molecule has 1 fully saturated rings. The first-order chi connectivity index (χ1) is 7.48. The Hall–Kier alpha value is -0.960. The molecule has 1 aromatic rings. The van der Waals surface area contributed by atoms with Crippen LogP contribution in [0.15, 0.2) is 16.3 Å². The second-order valence-electron chi connectivity index (χ2n) is 3.22. The zero-order chi connectivity index (χ0) is 11.8. The van der Waals surface area contributed by atoms with Crippen LogP contribution in [0.5, 0.6) is 0 Å². The van der Waals surface area contributed by atoms with Gasteiger partial charge >= 0.3 is 5.97 Å². The first-order valence-electron chi connectivity index (χ1n) is 4.37. The molecule has 8 heteroatoms. The van der Waals surface area contributed by atoms with Gasteiger partial charge in [0.25, 0.3) is 0 Å². The van der Waals surface area contributed by atoms with E-state index in [-0.39, 0.29) is 15.9 Å². The van der Waals surface area contributed by atoms with Crippen molar-refractivity contribution in [1.29, 1.82) is 0 Å². The molecule has 16 heavy (non-hydrogen) atoms. The van der Waals surface area contributed by atoms with Gasteiger partial charge in [-0.25, -0.2) is 18.4 Å². The van der Waals surface area contributed by atoms with E-state index in [2.05, 4.69) is 0 Å². The average Bonchev–Trinajstić information content (AvgIpc) is 2.58. The van der Waals surface area contributed by atoms with E-state index in [1.54, 1.807) is 0 Å². The summed E-state index contributed by atoms with van der Waals surface area (Å²) in [5, 5.41) is 6.44. The summed E-state index contributed by atoms with van der Waals surface area (Å²) in [4.78, 5) is 11.4. The average molecular weight is 263 g/mol. The molecular weight excluding hydrogens is 254 g/mol. The minimum atomic E-state index is -3.88. The Morgan fingerprint density at radius 1 is 1.56 bits per heavy atom. The van der Waals surface area contributed by atoms with Crippen LogP contribution in [-0.4, -0.2) is 33.7 Å². The van der Waals surface area contributed by atoms with Gasteiger partial charge in [-0.15, -0.1) is 11.3 Å². The Kier molecular flexibility index (Phi) is 2.98. The zero-order valence-corrected chi connectivity index (χ0v) is 9.71. The minimum Gasteiger partial charge on any atom is -0.453 e. The number of thiophene rings is 1. The maximum Gasteiger partial charge on any atom is 0.350 e. The minimum absolute atomic E-state index is 0.00870. The van der Waals surface area contributed by atoms with Gasteiger partial charge in [0, 0.05) is 0 Å². The van der Waals surface area contributed by atoms with Gasteiger partial charge in [0.2, 0.25) is 10.0 Å². The van der Waals surface area contributed by atoms with Crippen LogP contribution in [0.25, 0.3) is 0 Å². The molecule has 0 aliphatic carbocycles. The summed E-state index contributed by atoms with van der Waals surface area (Å²) >= 11 is 0.987. The van der Waals surface area contributed by atoms with E-state index < -0.39 is 16.0 Å². The number of nitrogens with two attached hydrogens (primary N) is 1. The molecule has 0 aromatic carbocycles. The monoisotopic (exact) mass is 263 g/mol. The van der Waals surface area contributed by atoms with Crippen molar-refractivity contribution in [3.05, 3.63) is 16.3 Å². The number of hydrogen-bond donors (Lipinski definition) is 1. The summed E-state index contributed by atoms with van der Waals surface area (Å²) in [6.45, 7) is 0.698. The maximum absolute atomic E-state index is 11.6. The molecule has 0 atom stereocenters. The molecule has 1 aromatic heterocycles. The van der Waals surface area contributed by atoms with Crippen LogP contribution < -0.4 is 5.14 Å². The molecule has 0 radical (unpaired) electrons. The molecule has 0 spiro atoms. The van der Waals surface area contributed by atoms with E-state index in [0.29, 0.717) is 13.2 Å². The molecule has 2 heterocycles. The highest BCUT2D eigenvalue weighted by atomic mass is 32.2. The lowest BCUT2D eigenvalue weighted by atomic mass is 10.3. The smallest absolute Gasteiger partial charge is 0.350 e. The van der Waals surface area contributed by atoms with E-state index in [1.165, 1.54) is 11.4 Å².